The van der Waals surface area contributed by atoms with Gasteiger partial charge in [0.1, 0.15) is 5.82 Å². The fourth-order valence-corrected chi connectivity index (χ4v) is 2.25. The summed E-state index contributed by atoms with van der Waals surface area (Å²) in [6.45, 7) is 2.90. The van der Waals surface area contributed by atoms with Crippen LogP contribution in [0.5, 0.6) is 0 Å². The molecule has 17 heavy (non-hydrogen) atoms. The maximum atomic E-state index is 5.43. The average molecular weight is 235 g/mol. The van der Waals surface area contributed by atoms with E-state index in [0.29, 0.717) is 6.10 Å². The Balaban J connectivity index is 2.01. The van der Waals surface area contributed by atoms with Crippen LogP contribution in [0.1, 0.15) is 18.4 Å². The quantitative estimate of drug-likeness (QED) is 0.856. The van der Waals surface area contributed by atoms with E-state index in [-0.39, 0.29) is 0 Å². The summed E-state index contributed by atoms with van der Waals surface area (Å²) in [5, 5.41) is 3.13. The van der Waals surface area contributed by atoms with Crippen LogP contribution in [0.3, 0.4) is 0 Å². The van der Waals surface area contributed by atoms with Crippen molar-refractivity contribution in [3.8, 4) is 0 Å². The molecule has 0 bridgehead atoms. The van der Waals surface area contributed by atoms with Gasteiger partial charge in [0.05, 0.1) is 6.10 Å². The molecular formula is C13H21N3O. The first-order valence-electron chi connectivity index (χ1n) is 6.20. The topological polar surface area (TPSA) is 37.4 Å². The zero-order valence-electron chi connectivity index (χ0n) is 10.6. The molecule has 1 aliphatic heterocycles. The number of nitrogens with zero attached hydrogens (tertiary/aromatic N) is 2. The molecular weight excluding hydrogens is 214 g/mol. The number of aromatic nitrogens is 1. The predicted octanol–water partition coefficient (Wildman–Crippen LogP) is 1.42. The number of anilines is 1. The number of hydrogen-bond donors (Lipinski definition) is 1. The van der Waals surface area contributed by atoms with Crippen molar-refractivity contribution in [1.82, 2.24) is 10.3 Å². The van der Waals surface area contributed by atoms with Crippen molar-refractivity contribution in [3.63, 3.8) is 0 Å². The largest absolute Gasteiger partial charge is 0.380 e. The van der Waals surface area contributed by atoms with E-state index in [9.17, 15) is 0 Å². The van der Waals surface area contributed by atoms with Crippen LogP contribution in [0.25, 0.3) is 0 Å². The third-order valence-corrected chi connectivity index (χ3v) is 3.23. The van der Waals surface area contributed by atoms with Gasteiger partial charge in [-0.05, 0) is 31.5 Å². The maximum absolute atomic E-state index is 5.43. The van der Waals surface area contributed by atoms with Crippen LogP contribution in [0.2, 0.25) is 0 Å². The fourth-order valence-electron chi connectivity index (χ4n) is 2.25. The summed E-state index contributed by atoms with van der Waals surface area (Å²) in [5.41, 5.74) is 1.22. The highest BCUT2D eigenvalue weighted by molar-refractivity contribution is 5.40. The second kappa shape index (κ2) is 5.98. The number of nitrogens with one attached hydrogen (secondary N) is 1. The minimum absolute atomic E-state index is 0.350. The van der Waals surface area contributed by atoms with Crippen LogP contribution in [0.4, 0.5) is 5.82 Å². The number of hydrogen-bond acceptors (Lipinski definition) is 4. The van der Waals surface area contributed by atoms with Crippen molar-refractivity contribution in [2.75, 3.05) is 32.1 Å². The monoisotopic (exact) mass is 235 g/mol. The molecule has 1 aromatic rings. The SMILES string of the molecule is CNCc1ccc(N2CCCC(OC)C2)nc1. The second-order valence-corrected chi connectivity index (χ2v) is 4.50. The lowest BCUT2D eigenvalue weighted by Crippen LogP contribution is -2.39. The number of pyridine rings is 1. The minimum Gasteiger partial charge on any atom is -0.380 e. The van der Waals surface area contributed by atoms with Gasteiger partial charge in [0, 0.05) is 32.9 Å². The lowest BCUT2D eigenvalue weighted by Gasteiger charge is -2.32. The Morgan fingerprint density at radius 1 is 1.53 bits per heavy atom. The zero-order valence-corrected chi connectivity index (χ0v) is 10.6. The van der Waals surface area contributed by atoms with E-state index in [1.54, 1.807) is 7.11 Å². The van der Waals surface area contributed by atoms with Crippen molar-refractivity contribution in [1.29, 1.82) is 0 Å². The molecule has 1 saturated heterocycles. The van der Waals surface area contributed by atoms with Crippen molar-refractivity contribution in [2.45, 2.75) is 25.5 Å². The third kappa shape index (κ3) is 3.17. The Bertz CT molecular complexity index is 339. The van der Waals surface area contributed by atoms with Crippen LogP contribution in [0.15, 0.2) is 18.3 Å². The Kier molecular flexibility index (Phi) is 4.34. The van der Waals surface area contributed by atoms with E-state index in [1.807, 2.05) is 13.2 Å². The van der Waals surface area contributed by atoms with Gasteiger partial charge < -0.3 is 15.0 Å². The smallest absolute Gasteiger partial charge is 0.128 e. The van der Waals surface area contributed by atoms with Gasteiger partial charge in [0.2, 0.25) is 0 Å². The lowest BCUT2D eigenvalue weighted by atomic mass is 10.1. The summed E-state index contributed by atoms with van der Waals surface area (Å²) in [4.78, 5) is 6.83. The lowest BCUT2D eigenvalue weighted by molar-refractivity contribution is 0.0891. The van der Waals surface area contributed by atoms with Crippen LogP contribution < -0.4 is 10.2 Å². The van der Waals surface area contributed by atoms with Gasteiger partial charge in [-0.1, -0.05) is 6.07 Å². The van der Waals surface area contributed by atoms with Crippen LogP contribution >= 0.6 is 0 Å². The molecule has 1 atom stereocenters. The van der Waals surface area contributed by atoms with Crippen molar-refractivity contribution in [3.05, 3.63) is 23.9 Å². The molecule has 0 aliphatic carbocycles. The van der Waals surface area contributed by atoms with E-state index < -0.39 is 0 Å². The Labute approximate surface area is 103 Å². The Morgan fingerprint density at radius 3 is 3.06 bits per heavy atom. The van der Waals surface area contributed by atoms with Gasteiger partial charge in [-0.25, -0.2) is 4.98 Å². The molecule has 94 valence electrons. The zero-order chi connectivity index (χ0) is 12.1. The minimum atomic E-state index is 0.350. The van der Waals surface area contributed by atoms with E-state index in [2.05, 4.69) is 27.3 Å². The number of rotatable bonds is 4. The molecule has 1 N–H and O–H groups in total. The number of methoxy groups -OCH3 is 1. The van der Waals surface area contributed by atoms with Crippen molar-refractivity contribution >= 4 is 5.82 Å². The molecule has 1 aromatic heterocycles. The maximum Gasteiger partial charge on any atom is 0.128 e. The van der Waals surface area contributed by atoms with E-state index in [4.69, 9.17) is 4.74 Å². The molecule has 0 radical (unpaired) electrons. The molecule has 1 aliphatic rings. The highest BCUT2D eigenvalue weighted by Crippen LogP contribution is 2.19. The van der Waals surface area contributed by atoms with Crippen LogP contribution in [-0.2, 0) is 11.3 Å². The number of piperidine rings is 1. The molecule has 4 nitrogen and oxygen atoms in total. The first kappa shape index (κ1) is 12.3. The van der Waals surface area contributed by atoms with Crippen LogP contribution in [0, 0.1) is 0 Å². The molecule has 1 fully saturated rings. The molecule has 2 heterocycles. The summed E-state index contributed by atoms with van der Waals surface area (Å²) >= 11 is 0. The molecule has 0 amide bonds. The summed E-state index contributed by atoms with van der Waals surface area (Å²) < 4.78 is 5.43. The van der Waals surface area contributed by atoms with Gasteiger partial charge in [-0.15, -0.1) is 0 Å². The van der Waals surface area contributed by atoms with Gasteiger partial charge in [-0.2, -0.15) is 0 Å². The molecule has 4 heteroatoms. The van der Waals surface area contributed by atoms with Gasteiger partial charge in [0.15, 0.2) is 0 Å². The molecule has 1 unspecified atom stereocenters. The van der Waals surface area contributed by atoms with Crippen molar-refractivity contribution < 1.29 is 4.74 Å². The first-order valence-corrected chi connectivity index (χ1v) is 6.20. The Hall–Kier alpha value is -1.13. The molecule has 0 saturated carbocycles. The molecule has 0 spiro atoms. The van der Waals surface area contributed by atoms with E-state index in [1.165, 1.54) is 12.0 Å². The predicted molar refractivity (Wildman–Crippen MR) is 69.2 cm³/mol. The summed E-state index contributed by atoms with van der Waals surface area (Å²) in [6, 6.07) is 4.24. The highest BCUT2D eigenvalue weighted by Gasteiger charge is 2.20. The average Bonchev–Trinajstić information content (AvgIpc) is 2.40. The fraction of sp³-hybridized carbons (Fsp3) is 0.615. The molecule has 0 aromatic carbocycles. The summed E-state index contributed by atoms with van der Waals surface area (Å²) in [7, 11) is 3.74. The van der Waals surface area contributed by atoms with E-state index >= 15 is 0 Å². The first-order chi connectivity index (χ1) is 8.33. The van der Waals surface area contributed by atoms with E-state index in [0.717, 1.165) is 31.9 Å². The van der Waals surface area contributed by atoms with Gasteiger partial charge in [-0.3, -0.25) is 0 Å². The third-order valence-electron chi connectivity index (χ3n) is 3.23. The van der Waals surface area contributed by atoms with Gasteiger partial charge >= 0.3 is 0 Å². The van der Waals surface area contributed by atoms with Crippen LogP contribution in [-0.4, -0.2) is 38.3 Å². The van der Waals surface area contributed by atoms with Gasteiger partial charge in [0.25, 0.3) is 0 Å². The standard InChI is InChI=1S/C13H21N3O/c1-14-8-11-5-6-13(15-9-11)16-7-3-4-12(10-16)17-2/h5-6,9,12,14H,3-4,7-8,10H2,1-2H3. The number of ether oxygens (including phenoxy) is 1. The molecule has 2 rings (SSSR count). The highest BCUT2D eigenvalue weighted by atomic mass is 16.5. The second-order valence-electron chi connectivity index (χ2n) is 4.50. The normalized spacial score (nSPS) is 20.6. The van der Waals surface area contributed by atoms with Crippen molar-refractivity contribution in [2.24, 2.45) is 0 Å². The summed E-state index contributed by atoms with van der Waals surface area (Å²) in [6.07, 6.45) is 4.63. The Morgan fingerprint density at radius 2 is 2.41 bits per heavy atom. The summed E-state index contributed by atoms with van der Waals surface area (Å²) in [5.74, 6) is 1.06.